The molecule has 2 heterocycles. The van der Waals surface area contributed by atoms with E-state index in [0.717, 1.165) is 32.6 Å². The van der Waals surface area contributed by atoms with Gasteiger partial charge in [-0.3, -0.25) is 9.13 Å². The fourth-order valence-corrected chi connectivity index (χ4v) is 2.15. The van der Waals surface area contributed by atoms with Gasteiger partial charge in [0.25, 0.3) is 0 Å². The maximum Gasteiger partial charge on any atom is 0.328 e. The van der Waals surface area contributed by atoms with Crippen LogP contribution in [0.15, 0.2) is 17.2 Å². The first-order valence-electron chi connectivity index (χ1n) is 5.77. The number of nitrogens with one attached hydrogen (secondary N) is 1. The summed E-state index contributed by atoms with van der Waals surface area (Å²) in [6, 6.07) is 0. The first kappa shape index (κ1) is 10.5. The Hall–Kier alpha value is -1.03. The molecule has 84 valence electrons. The molecule has 0 aromatic carbocycles. The molecule has 4 heteroatoms. The van der Waals surface area contributed by atoms with Crippen molar-refractivity contribution >= 4 is 0 Å². The summed E-state index contributed by atoms with van der Waals surface area (Å²) >= 11 is 0. The van der Waals surface area contributed by atoms with Crippen molar-refractivity contribution in [2.75, 3.05) is 13.1 Å². The molecule has 1 N–H and O–H groups in total. The van der Waals surface area contributed by atoms with Crippen molar-refractivity contribution in [1.82, 2.24) is 14.5 Å². The molecule has 0 radical (unpaired) electrons. The Kier molecular flexibility index (Phi) is 3.26. The van der Waals surface area contributed by atoms with E-state index in [9.17, 15) is 4.79 Å². The van der Waals surface area contributed by atoms with Crippen LogP contribution in [0.4, 0.5) is 0 Å². The normalized spacial score (nSPS) is 21.0. The minimum Gasteiger partial charge on any atom is -0.316 e. The lowest BCUT2D eigenvalue weighted by molar-refractivity contribution is 0.464. The first-order valence-corrected chi connectivity index (χ1v) is 5.77. The van der Waals surface area contributed by atoms with Gasteiger partial charge >= 0.3 is 5.69 Å². The highest BCUT2D eigenvalue weighted by Crippen LogP contribution is 2.09. The van der Waals surface area contributed by atoms with Crippen molar-refractivity contribution in [3.8, 4) is 0 Å². The summed E-state index contributed by atoms with van der Waals surface area (Å²) in [4.78, 5) is 11.9. The largest absolute Gasteiger partial charge is 0.328 e. The molecule has 1 unspecified atom stereocenters. The quantitative estimate of drug-likeness (QED) is 0.791. The van der Waals surface area contributed by atoms with E-state index >= 15 is 0 Å². The van der Waals surface area contributed by atoms with Crippen LogP contribution in [0.1, 0.15) is 19.8 Å². The second kappa shape index (κ2) is 4.66. The zero-order valence-electron chi connectivity index (χ0n) is 9.28. The second-order valence-electron chi connectivity index (χ2n) is 4.29. The molecule has 1 fully saturated rings. The van der Waals surface area contributed by atoms with Gasteiger partial charge in [-0.25, -0.2) is 4.79 Å². The lowest BCUT2D eigenvalue weighted by Gasteiger charge is -2.07. The van der Waals surface area contributed by atoms with Crippen LogP contribution in [0.3, 0.4) is 0 Å². The van der Waals surface area contributed by atoms with Crippen LogP contribution in [0.25, 0.3) is 0 Å². The molecule has 1 aliphatic rings. The summed E-state index contributed by atoms with van der Waals surface area (Å²) in [6.07, 6.45) is 6.00. The van der Waals surface area contributed by atoms with E-state index in [1.807, 2.05) is 17.0 Å². The van der Waals surface area contributed by atoms with Crippen LogP contribution < -0.4 is 11.0 Å². The Labute approximate surface area is 89.9 Å². The molecule has 0 aliphatic carbocycles. The number of nitrogens with zero attached hydrogens (tertiary/aromatic N) is 2. The standard InChI is InChI=1S/C11H19N3O/c1-2-5-13-6-7-14(11(13)15)9-10-3-4-12-8-10/h6-7,10,12H,2-5,8-9H2,1H3. The molecule has 0 bridgehead atoms. The van der Waals surface area contributed by atoms with Gasteiger partial charge in [0, 0.05) is 25.5 Å². The monoisotopic (exact) mass is 209 g/mol. The summed E-state index contributed by atoms with van der Waals surface area (Å²) < 4.78 is 3.63. The smallest absolute Gasteiger partial charge is 0.316 e. The number of aryl methyl sites for hydroxylation is 1. The van der Waals surface area contributed by atoms with E-state index in [0.29, 0.717) is 5.92 Å². The van der Waals surface area contributed by atoms with E-state index in [-0.39, 0.29) is 5.69 Å². The van der Waals surface area contributed by atoms with E-state index in [1.165, 1.54) is 6.42 Å². The molecular weight excluding hydrogens is 190 g/mol. The topological polar surface area (TPSA) is 39.0 Å². The number of aromatic nitrogens is 2. The van der Waals surface area contributed by atoms with E-state index in [2.05, 4.69) is 12.2 Å². The van der Waals surface area contributed by atoms with Crippen LogP contribution in [0, 0.1) is 5.92 Å². The molecule has 1 aromatic rings. The highest BCUT2D eigenvalue weighted by Gasteiger charge is 2.16. The fourth-order valence-electron chi connectivity index (χ4n) is 2.15. The van der Waals surface area contributed by atoms with Gasteiger partial charge in [0.1, 0.15) is 0 Å². The molecule has 2 rings (SSSR count). The highest BCUT2D eigenvalue weighted by atomic mass is 16.1. The third-order valence-corrected chi connectivity index (χ3v) is 3.00. The summed E-state index contributed by atoms with van der Waals surface area (Å²) in [5.41, 5.74) is 0.142. The Balaban J connectivity index is 2.04. The van der Waals surface area contributed by atoms with Crippen LogP contribution >= 0.6 is 0 Å². The Morgan fingerprint density at radius 2 is 2.27 bits per heavy atom. The summed E-state index contributed by atoms with van der Waals surface area (Å²) in [5.74, 6) is 0.625. The average molecular weight is 209 g/mol. The molecule has 0 amide bonds. The third-order valence-electron chi connectivity index (χ3n) is 3.00. The highest BCUT2D eigenvalue weighted by molar-refractivity contribution is 4.83. The van der Waals surface area contributed by atoms with Crippen LogP contribution in [-0.2, 0) is 13.1 Å². The van der Waals surface area contributed by atoms with Crippen LogP contribution in [-0.4, -0.2) is 22.2 Å². The molecule has 1 aliphatic heterocycles. The molecule has 1 saturated heterocycles. The van der Waals surface area contributed by atoms with Crippen molar-refractivity contribution in [2.24, 2.45) is 5.92 Å². The summed E-state index contributed by atoms with van der Waals surface area (Å²) in [5, 5.41) is 3.32. The van der Waals surface area contributed by atoms with Crippen molar-refractivity contribution in [3.05, 3.63) is 22.9 Å². The van der Waals surface area contributed by atoms with Gasteiger partial charge in [-0.1, -0.05) is 6.92 Å². The lowest BCUT2D eigenvalue weighted by Crippen LogP contribution is -2.27. The third kappa shape index (κ3) is 2.31. The maximum atomic E-state index is 11.9. The molecule has 1 aromatic heterocycles. The fraction of sp³-hybridized carbons (Fsp3) is 0.727. The SMILES string of the molecule is CCCn1ccn(CC2CCNC2)c1=O. The Bertz CT molecular complexity index is 360. The Morgan fingerprint density at radius 3 is 2.93 bits per heavy atom. The molecule has 0 saturated carbocycles. The van der Waals surface area contributed by atoms with Gasteiger partial charge < -0.3 is 5.32 Å². The lowest BCUT2D eigenvalue weighted by atomic mass is 10.1. The summed E-state index contributed by atoms with van der Waals surface area (Å²) in [7, 11) is 0. The second-order valence-corrected chi connectivity index (χ2v) is 4.29. The zero-order valence-corrected chi connectivity index (χ0v) is 9.28. The van der Waals surface area contributed by atoms with Gasteiger partial charge in [-0.05, 0) is 31.8 Å². The molecular formula is C11H19N3O. The van der Waals surface area contributed by atoms with Crippen molar-refractivity contribution in [2.45, 2.75) is 32.9 Å². The number of rotatable bonds is 4. The maximum absolute atomic E-state index is 11.9. The summed E-state index contributed by atoms with van der Waals surface area (Å²) in [6.45, 7) is 5.92. The molecule has 1 atom stereocenters. The van der Waals surface area contributed by atoms with E-state index in [1.54, 1.807) is 4.57 Å². The van der Waals surface area contributed by atoms with Gasteiger partial charge in [0.05, 0.1) is 0 Å². The number of hydrogen-bond donors (Lipinski definition) is 1. The number of hydrogen-bond acceptors (Lipinski definition) is 2. The van der Waals surface area contributed by atoms with Gasteiger partial charge in [0.2, 0.25) is 0 Å². The van der Waals surface area contributed by atoms with Crippen LogP contribution in [0.2, 0.25) is 0 Å². The predicted octanol–water partition coefficient (Wildman–Crippen LogP) is 0.669. The molecule has 15 heavy (non-hydrogen) atoms. The average Bonchev–Trinajstić information content (AvgIpc) is 2.83. The number of imidazole rings is 1. The molecule has 4 nitrogen and oxygen atoms in total. The minimum atomic E-state index is 0.142. The van der Waals surface area contributed by atoms with E-state index < -0.39 is 0 Å². The van der Waals surface area contributed by atoms with Gasteiger partial charge in [-0.2, -0.15) is 0 Å². The zero-order chi connectivity index (χ0) is 10.7. The minimum absolute atomic E-state index is 0.142. The van der Waals surface area contributed by atoms with Crippen molar-refractivity contribution in [1.29, 1.82) is 0 Å². The van der Waals surface area contributed by atoms with Crippen molar-refractivity contribution in [3.63, 3.8) is 0 Å². The van der Waals surface area contributed by atoms with Crippen molar-refractivity contribution < 1.29 is 0 Å². The van der Waals surface area contributed by atoms with Crippen LogP contribution in [0.5, 0.6) is 0 Å². The van der Waals surface area contributed by atoms with Gasteiger partial charge in [-0.15, -0.1) is 0 Å². The molecule has 0 spiro atoms. The van der Waals surface area contributed by atoms with Gasteiger partial charge in [0.15, 0.2) is 0 Å². The van der Waals surface area contributed by atoms with E-state index in [4.69, 9.17) is 0 Å². The Morgan fingerprint density at radius 1 is 1.47 bits per heavy atom. The predicted molar refractivity (Wildman–Crippen MR) is 60.0 cm³/mol. The first-order chi connectivity index (χ1) is 7.31.